The smallest absolute Gasteiger partial charge is 0.167 e. The lowest BCUT2D eigenvalue weighted by Crippen LogP contribution is -2.47. The van der Waals surface area contributed by atoms with Crippen LogP contribution in [-0.4, -0.2) is 17.2 Å². The van der Waals surface area contributed by atoms with E-state index in [1.165, 1.54) is 19.3 Å². The van der Waals surface area contributed by atoms with E-state index in [2.05, 4.69) is 16.6 Å². The van der Waals surface area contributed by atoms with Gasteiger partial charge in [0.15, 0.2) is 5.11 Å². The van der Waals surface area contributed by atoms with Crippen molar-refractivity contribution in [2.45, 2.75) is 44.7 Å². The molecule has 3 heteroatoms. The Kier molecular flexibility index (Phi) is 4.04. The van der Waals surface area contributed by atoms with Crippen LogP contribution >= 0.6 is 12.2 Å². The molecule has 0 spiro atoms. The summed E-state index contributed by atoms with van der Waals surface area (Å²) in [5, 5.41) is 7.04. The van der Waals surface area contributed by atoms with Gasteiger partial charge in [-0.1, -0.05) is 12.8 Å². The summed E-state index contributed by atoms with van der Waals surface area (Å²) in [5.74, 6) is 2.65. The first kappa shape index (κ1) is 10.3. The molecule has 0 bridgehead atoms. The summed E-state index contributed by atoms with van der Waals surface area (Å²) >= 11 is 5.12. The Hall–Kier alpha value is -0.750. The Morgan fingerprint density at radius 1 is 1.69 bits per heavy atom. The van der Waals surface area contributed by atoms with Crippen LogP contribution in [0.2, 0.25) is 0 Å². The summed E-state index contributed by atoms with van der Waals surface area (Å²) in [6.07, 6.45) is 9.99. The highest BCUT2D eigenvalue weighted by atomic mass is 32.1. The lowest BCUT2D eigenvalue weighted by atomic mass is 9.93. The van der Waals surface area contributed by atoms with Crippen LogP contribution in [0.15, 0.2) is 0 Å². The van der Waals surface area contributed by atoms with Gasteiger partial charge in [0.05, 0.1) is 6.04 Å². The Morgan fingerprint density at radius 3 is 2.77 bits per heavy atom. The molecule has 2 N–H and O–H groups in total. The van der Waals surface area contributed by atoms with Gasteiger partial charge in [-0.2, -0.15) is 0 Å². The molecule has 1 aliphatic rings. The largest absolute Gasteiger partial charge is 0.360 e. The van der Waals surface area contributed by atoms with Crippen molar-refractivity contribution in [1.29, 1.82) is 0 Å². The molecule has 0 amide bonds. The quantitative estimate of drug-likeness (QED) is 0.527. The predicted molar refractivity (Wildman–Crippen MR) is 59.4 cm³/mol. The second kappa shape index (κ2) is 5.08. The highest BCUT2D eigenvalue weighted by Gasteiger charge is 2.18. The van der Waals surface area contributed by atoms with Gasteiger partial charge in [0.1, 0.15) is 0 Å². The maximum absolute atomic E-state index is 5.31. The molecular weight excluding hydrogens is 180 g/mol. The predicted octanol–water partition coefficient (Wildman–Crippen LogP) is 1.41. The first-order chi connectivity index (χ1) is 6.26. The minimum Gasteiger partial charge on any atom is -0.360 e. The molecule has 1 aliphatic carbocycles. The van der Waals surface area contributed by atoms with Crippen molar-refractivity contribution in [3.05, 3.63) is 0 Å². The van der Waals surface area contributed by atoms with E-state index < -0.39 is 0 Å². The fourth-order valence-electron chi connectivity index (χ4n) is 1.20. The van der Waals surface area contributed by atoms with E-state index in [1.54, 1.807) is 0 Å². The second-order valence-corrected chi connectivity index (χ2v) is 3.78. The van der Waals surface area contributed by atoms with E-state index in [0.29, 0.717) is 11.2 Å². The van der Waals surface area contributed by atoms with Crippen molar-refractivity contribution < 1.29 is 0 Å². The van der Waals surface area contributed by atoms with Crippen LogP contribution in [0, 0.1) is 12.3 Å². The summed E-state index contributed by atoms with van der Waals surface area (Å²) in [5.41, 5.74) is 0. The molecule has 0 radical (unpaired) electrons. The fraction of sp³-hybridized carbons (Fsp3) is 0.700. The van der Waals surface area contributed by atoms with Gasteiger partial charge in [-0.05, 0) is 37.9 Å². The zero-order valence-electron chi connectivity index (χ0n) is 7.97. The molecule has 1 saturated carbocycles. The lowest BCUT2D eigenvalue weighted by Gasteiger charge is -2.28. The van der Waals surface area contributed by atoms with E-state index >= 15 is 0 Å². The normalized spacial score (nSPS) is 18.2. The number of terminal acetylenes is 1. The Balaban J connectivity index is 2.19. The molecule has 1 atom stereocenters. The molecule has 0 saturated heterocycles. The molecule has 0 aromatic rings. The van der Waals surface area contributed by atoms with E-state index in [4.69, 9.17) is 18.6 Å². The zero-order chi connectivity index (χ0) is 9.68. The Labute approximate surface area is 85.5 Å². The van der Waals surface area contributed by atoms with Crippen molar-refractivity contribution in [3.8, 4) is 12.3 Å². The number of rotatable bonds is 3. The molecule has 2 nitrogen and oxygen atoms in total. The summed E-state index contributed by atoms with van der Waals surface area (Å²) in [6.45, 7) is 2.05. The van der Waals surface area contributed by atoms with Crippen molar-refractivity contribution >= 4 is 17.3 Å². The van der Waals surface area contributed by atoms with E-state index in [0.717, 1.165) is 6.42 Å². The summed E-state index contributed by atoms with van der Waals surface area (Å²) in [7, 11) is 0. The lowest BCUT2D eigenvalue weighted by molar-refractivity contribution is 0.381. The van der Waals surface area contributed by atoms with Crippen molar-refractivity contribution in [2.24, 2.45) is 0 Å². The third-order valence-corrected chi connectivity index (χ3v) is 2.59. The number of thiocarbonyl (C=S) groups is 1. The van der Waals surface area contributed by atoms with Gasteiger partial charge < -0.3 is 10.6 Å². The molecular formula is C10H16N2S. The van der Waals surface area contributed by atoms with Gasteiger partial charge in [-0.15, -0.1) is 6.42 Å². The van der Waals surface area contributed by atoms with Crippen LogP contribution in [0.4, 0.5) is 0 Å². The molecule has 1 unspecified atom stereocenters. The van der Waals surface area contributed by atoms with Crippen LogP contribution in [0.5, 0.6) is 0 Å². The summed E-state index contributed by atoms with van der Waals surface area (Å²) < 4.78 is 0. The number of nitrogens with one attached hydrogen (secondary N) is 2. The molecule has 72 valence electrons. The zero-order valence-corrected chi connectivity index (χ0v) is 8.79. The van der Waals surface area contributed by atoms with E-state index in [9.17, 15) is 0 Å². The standard InChI is InChI=1S/C10H16N2S/c1-3-8(4-2)11-10(13)12-9-6-5-7-9/h1,8-9H,4-7H2,2H3,(H2,11,12,13). The van der Waals surface area contributed by atoms with Crippen LogP contribution in [0.3, 0.4) is 0 Å². The van der Waals surface area contributed by atoms with E-state index in [-0.39, 0.29) is 6.04 Å². The van der Waals surface area contributed by atoms with Gasteiger partial charge in [-0.25, -0.2) is 0 Å². The molecule has 13 heavy (non-hydrogen) atoms. The third-order valence-electron chi connectivity index (χ3n) is 2.36. The van der Waals surface area contributed by atoms with Crippen molar-refractivity contribution in [1.82, 2.24) is 10.6 Å². The minimum absolute atomic E-state index is 0.0695. The van der Waals surface area contributed by atoms with Gasteiger partial charge in [-0.3, -0.25) is 0 Å². The Bertz CT molecular complexity index is 215. The first-order valence-electron chi connectivity index (χ1n) is 4.79. The SMILES string of the molecule is C#CC(CC)NC(=S)NC1CCC1. The number of hydrogen-bond acceptors (Lipinski definition) is 1. The average Bonchev–Trinajstić information content (AvgIpc) is 2.07. The van der Waals surface area contributed by atoms with Crippen LogP contribution in [-0.2, 0) is 0 Å². The molecule has 1 rings (SSSR count). The van der Waals surface area contributed by atoms with Gasteiger partial charge >= 0.3 is 0 Å². The first-order valence-corrected chi connectivity index (χ1v) is 5.20. The van der Waals surface area contributed by atoms with Gasteiger partial charge in [0.2, 0.25) is 0 Å². The monoisotopic (exact) mass is 196 g/mol. The van der Waals surface area contributed by atoms with Crippen LogP contribution in [0.1, 0.15) is 32.6 Å². The average molecular weight is 196 g/mol. The maximum Gasteiger partial charge on any atom is 0.167 e. The highest BCUT2D eigenvalue weighted by molar-refractivity contribution is 7.80. The second-order valence-electron chi connectivity index (χ2n) is 3.37. The maximum atomic E-state index is 5.31. The van der Waals surface area contributed by atoms with Gasteiger partial charge in [0, 0.05) is 6.04 Å². The molecule has 0 aliphatic heterocycles. The van der Waals surface area contributed by atoms with Crippen molar-refractivity contribution in [3.63, 3.8) is 0 Å². The summed E-state index contributed by atoms with van der Waals surface area (Å²) in [6, 6.07) is 0.648. The van der Waals surface area contributed by atoms with Crippen LogP contribution < -0.4 is 10.6 Å². The minimum atomic E-state index is 0.0695. The van der Waals surface area contributed by atoms with Crippen LogP contribution in [0.25, 0.3) is 0 Å². The van der Waals surface area contributed by atoms with Gasteiger partial charge in [0.25, 0.3) is 0 Å². The topological polar surface area (TPSA) is 24.1 Å². The highest BCUT2D eigenvalue weighted by Crippen LogP contribution is 2.17. The van der Waals surface area contributed by atoms with E-state index in [1.807, 2.05) is 6.92 Å². The molecule has 0 heterocycles. The van der Waals surface area contributed by atoms with Crippen molar-refractivity contribution in [2.75, 3.05) is 0 Å². The molecule has 0 aromatic heterocycles. The molecule has 0 aromatic carbocycles. The molecule has 1 fully saturated rings. The fourth-order valence-corrected chi connectivity index (χ4v) is 1.51. The summed E-state index contributed by atoms with van der Waals surface area (Å²) in [4.78, 5) is 0. The Morgan fingerprint density at radius 2 is 2.38 bits per heavy atom. The number of hydrogen-bond donors (Lipinski definition) is 2. The third kappa shape index (κ3) is 3.23.